The number of likely N-dealkylation sites (N-methyl/N-ethyl adjacent to an activating group) is 1. The van der Waals surface area contributed by atoms with Crippen LogP contribution in [0.25, 0.3) is 0 Å². The van der Waals surface area contributed by atoms with Crippen LogP contribution in [0.5, 0.6) is 0 Å². The fourth-order valence-electron chi connectivity index (χ4n) is 1.53. The smallest absolute Gasteiger partial charge is 0.239 e. The molecule has 1 heterocycles. The van der Waals surface area contributed by atoms with Crippen LogP contribution < -0.4 is 16.6 Å². The largest absolute Gasteiger partial charge is 0.364 e. The van der Waals surface area contributed by atoms with Gasteiger partial charge in [-0.05, 0) is 20.0 Å². The minimum Gasteiger partial charge on any atom is -0.364 e. The Bertz CT molecular complexity index is 382. The molecule has 1 unspecified atom stereocenters. The molecule has 0 fully saturated rings. The van der Waals surface area contributed by atoms with E-state index in [-0.39, 0.29) is 6.04 Å². The van der Waals surface area contributed by atoms with Crippen molar-refractivity contribution in [2.45, 2.75) is 19.9 Å². The Kier molecular flexibility index (Phi) is 5.58. The summed E-state index contributed by atoms with van der Waals surface area (Å²) in [6.45, 7) is 5.19. The van der Waals surface area contributed by atoms with Crippen molar-refractivity contribution in [3.63, 3.8) is 0 Å². The molecule has 0 radical (unpaired) electrons. The van der Waals surface area contributed by atoms with Gasteiger partial charge in [-0.3, -0.25) is 5.43 Å². The SMILES string of the molecule is CC(C)C(CN(C)C)Nc1nc(NN)ncc1Cl. The number of nitrogens with one attached hydrogen (secondary N) is 2. The van der Waals surface area contributed by atoms with Crippen molar-refractivity contribution in [3.05, 3.63) is 11.2 Å². The summed E-state index contributed by atoms with van der Waals surface area (Å²) in [6.07, 6.45) is 1.53. The summed E-state index contributed by atoms with van der Waals surface area (Å²) >= 11 is 6.07. The van der Waals surface area contributed by atoms with Gasteiger partial charge >= 0.3 is 0 Å². The summed E-state index contributed by atoms with van der Waals surface area (Å²) in [4.78, 5) is 10.3. The Morgan fingerprint density at radius 2 is 2.11 bits per heavy atom. The third kappa shape index (κ3) is 4.29. The number of rotatable bonds is 6. The first-order chi connectivity index (χ1) is 8.43. The van der Waals surface area contributed by atoms with Crippen molar-refractivity contribution in [3.8, 4) is 0 Å². The molecule has 1 atom stereocenters. The first-order valence-corrected chi connectivity index (χ1v) is 6.22. The van der Waals surface area contributed by atoms with Crippen LogP contribution in [-0.2, 0) is 0 Å². The minimum absolute atomic E-state index is 0.248. The first kappa shape index (κ1) is 14.9. The Morgan fingerprint density at radius 1 is 1.44 bits per heavy atom. The molecule has 0 aliphatic carbocycles. The van der Waals surface area contributed by atoms with Crippen molar-refractivity contribution < 1.29 is 0 Å². The first-order valence-electron chi connectivity index (χ1n) is 5.84. The Balaban J connectivity index is 2.85. The molecular weight excluding hydrogens is 252 g/mol. The second-order valence-corrected chi connectivity index (χ2v) is 5.20. The second kappa shape index (κ2) is 6.72. The van der Waals surface area contributed by atoms with Crippen molar-refractivity contribution >= 4 is 23.4 Å². The second-order valence-electron chi connectivity index (χ2n) is 4.79. The van der Waals surface area contributed by atoms with E-state index in [0.29, 0.717) is 22.7 Å². The number of hydrazine groups is 1. The summed E-state index contributed by atoms with van der Waals surface area (Å²) in [6, 6.07) is 0.248. The number of nitrogens with two attached hydrogens (primary N) is 1. The van der Waals surface area contributed by atoms with Crippen molar-refractivity contribution in [2.75, 3.05) is 31.4 Å². The van der Waals surface area contributed by atoms with Crippen LogP contribution in [0.1, 0.15) is 13.8 Å². The molecule has 0 saturated heterocycles. The summed E-state index contributed by atoms with van der Waals surface area (Å²) in [5.74, 6) is 6.68. The lowest BCUT2D eigenvalue weighted by molar-refractivity contribution is 0.344. The van der Waals surface area contributed by atoms with Gasteiger partial charge in [0.25, 0.3) is 0 Å². The van der Waals surface area contributed by atoms with Gasteiger partial charge < -0.3 is 10.2 Å². The van der Waals surface area contributed by atoms with E-state index in [9.17, 15) is 0 Å². The van der Waals surface area contributed by atoms with E-state index >= 15 is 0 Å². The highest BCUT2D eigenvalue weighted by Gasteiger charge is 2.16. The molecule has 102 valence electrons. The summed E-state index contributed by atoms with van der Waals surface area (Å²) in [7, 11) is 4.07. The zero-order valence-corrected chi connectivity index (χ0v) is 12.0. The van der Waals surface area contributed by atoms with Crippen molar-refractivity contribution in [2.24, 2.45) is 11.8 Å². The fourth-order valence-corrected chi connectivity index (χ4v) is 1.68. The number of nitrogen functional groups attached to an aromatic ring is 1. The van der Waals surface area contributed by atoms with Gasteiger partial charge in [-0.1, -0.05) is 25.4 Å². The van der Waals surface area contributed by atoms with Crippen LogP contribution in [-0.4, -0.2) is 41.5 Å². The minimum atomic E-state index is 0.248. The topological polar surface area (TPSA) is 79.1 Å². The third-order valence-electron chi connectivity index (χ3n) is 2.56. The van der Waals surface area contributed by atoms with Crippen LogP contribution >= 0.6 is 11.6 Å². The molecule has 4 N–H and O–H groups in total. The van der Waals surface area contributed by atoms with Crippen molar-refractivity contribution in [1.82, 2.24) is 14.9 Å². The Hall–Kier alpha value is -1.11. The number of anilines is 2. The maximum atomic E-state index is 6.07. The standard InChI is InChI=1S/C11H21ClN6/c1-7(2)9(6-18(3)4)15-10-8(12)5-14-11(16-10)17-13/h5,7,9H,6,13H2,1-4H3,(H2,14,15,16,17). The van der Waals surface area contributed by atoms with Gasteiger partial charge in [0.15, 0.2) is 5.82 Å². The highest BCUT2D eigenvalue weighted by Crippen LogP contribution is 2.21. The van der Waals surface area contributed by atoms with Gasteiger partial charge in [0.1, 0.15) is 5.02 Å². The average molecular weight is 273 g/mol. The van der Waals surface area contributed by atoms with Crippen LogP contribution in [0.4, 0.5) is 11.8 Å². The molecule has 1 aromatic heterocycles. The van der Waals surface area contributed by atoms with Gasteiger partial charge in [-0.15, -0.1) is 0 Å². The molecule has 18 heavy (non-hydrogen) atoms. The number of hydrogen-bond acceptors (Lipinski definition) is 6. The van der Waals surface area contributed by atoms with E-state index in [4.69, 9.17) is 17.4 Å². The Morgan fingerprint density at radius 3 is 2.61 bits per heavy atom. The van der Waals surface area contributed by atoms with Gasteiger partial charge in [0.05, 0.1) is 6.20 Å². The van der Waals surface area contributed by atoms with Crippen molar-refractivity contribution in [1.29, 1.82) is 0 Å². The molecule has 1 aromatic rings. The number of halogens is 1. The number of nitrogens with zero attached hydrogens (tertiary/aromatic N) is 3. The molecular formula is C11H21ClN6. The molecule has 0 spiro atoms. The fraction of sp³-hybridized carbons (Fsp3) is 0.636. The van der Waals surface area contributed by atoms with E-state index in [1.807, 2.05) is 14.1 Å². The lowest BCUT2D eigenvalue weighted by Gasteiger charge is -2.26. The quantitative estimate of drug-likeness (QED) is 0.537. The molecule has 0 bridgehead atoms. The zero-order chi connectivity index (χ0) is 13.7. The predicted molar refractivity (Wildman–Crippen MR) is 75.7 cm³/mol. The van der Waals surface area contributed by atoms with Gasteiger partial charge in [-0.2, -0.15) is 4.98 Å². The van der Waals surface area contributed by atoms with E-state index in [0.717, 1.165) is 6.54 Å². The van der Waals surface area contributed by atoms with Crippen LogP contribution in [0.3, 0.4) is 0 Å². The predicted octanol–water partition coefficient (Wildman–Crippen LogP) is 1.41. The van der Waals surface area contributed by atoms with E-state index in [2.05, 4.69) is 39.5 Å². The molecule has 0 aromatic carbocycles. The maximum absolute atomic E-state index is 6.07. The van der Waals surface area contributed by atoms with Crippen LogP contribution in [0.15, 0.2) is 6.20 Å². The van der Waals surface area contributed by atoms with E-state index in [1.165, 1.54) is 6.20 Å². The Labute approximate surface area is 113 Å². The average Bonchev–Trinajstić information content (AvgIpc) is 2.30. The number of aromatic nitrogens is 2. The lowest BCUT2D eigenvalue weighted by atomic mass is 10.0. The monoisotopic (exact) mass is 272 g/mol. The van der Waals surface area contributed by atoms with Gasteiger partial charge in [0.2, 0.25) is 5.95 Å². The van der Waals surface area contributed by atoms with E-state index < -0.39 is 0 Å². The lowest BCUT2D eigenvalue weighted by Crippen LogP contribution is -2.36. The van der Waals surface area contributed by atoms with Gasteiger partial charge in [-0.25, -0.2) is 10.8 Å². The molecule has 7 heteroatoms. The third-order valence-corrected chi connectivity index (χ3v) is 2.84. The zero-order valence-electron chi connectivity index (χ0n) is 11.2. The van der Waals surface area contributed by atoms with E-state index in [1.54, 1.807) is 0 Å². The maximum Gasteiger partial charge on any atom is 0.239 e. The highest BCUT2D eigenvalue weighted by atomic mass is 35.5. The molecule has 6 nitrogen and oxygen atoms in total. The van der Waals surface area contributed by atoms with Gasteiger partial charge in [0, 0.05) is 12.6 Å². The molecule has 1 rings (SSSR count). The molecule has 0 saturated carbocycles. The molecule has 0 aliphatic heterocycles. The normalized spacial score (nSPS) is 12.9. The summed E-state index contributed by atoms with van der Waals surface area (Å²) in [5.41, 5.74) is 2.41. The molecule has 0 aliphatic rings. The van der Waals surface area contributed by atoms with Crippen LogP contribution in [0.2, 0.25) is 5.02 Å². The summed E-state index contributed by atoms with van der Waals surface area (Å²) < 4.78 is 0. The molecule has 0 amide bonds. The van der Waals surface area contributed by atoms with Crippen LogP contribution in [0, 0.1) is 5.92 Å². The number of hydrogen-bond donors (Lipinski definition) is 3. The highest BCUT2D eigenvalue weighted by molar-refractivity contribution is 6.32. The summed E-state index contributed by atoms with van der Waals surface area (Å²) in [5, 5.41) is 3.82.